The predicted octanol–water partition coefficient (Wildman–Crippen LogP) is 2.85. The molecule has 0 spiro atoms. The molecule has 0 unspecified atom stereocenters. The lowest BCUT2D eigenvalue weighted by Crippen LogP contribution is -2.23. The molecule has 1 aromatic heterocycles. The van der Waals surface area contributed by atoms with Gasteiger partial charge in [-0.05, 0) is 6.92 Å². The van der Waals surface area contributed by atoms with Crippen LogP contribution in [0, 0.1) is 6.92 Å². The van der Waals surface area contributed by atoms with E-state index in [2.05, 4.69) is 10.5 Å². The van der Waals surface area contributed by atoms with Crippen LogP contribution >= 0.6 is 0 Å². The molecule has 5 heteroatoms. The van der Waals surface area contributed by atoms with Crippen molar-refractivity contribution in [1.29, 1.82) is 0 Å². The van der Waals surface area contributed by atoms with E-state index in [4.69, 9.17) is 4.52 Å². The highest BCUT2D eigenvalue weighted by molar-refractivity contribution is 5.89. The van der Waals surface area contributed by atoms with Gasteiger partial charge < -0.3 is 14.9 Å². The third-order valence-electron chi connectivity index (χ3n) is 2.99. The maximum atomic E-state index is 11.2. The maximum absolute atomic E-state index is 11.2. The van der Waals surface area contributed by atoms with Crippen molar-refractivity contribution in [2.45, 2.75) is 33.4 Å². The molecule has 0 saturated heterocycles. The summed E-state index contributed by atoms with van der Waals surface area (Å²) in [6.45, 7) is 6.40. The number of nitrogens with one attached hydrogen (secondary N) is 1. The molecule has 0 bridgehead atoms. The van der Waals surface area contributed by atoms with Gasteiger partial charge in [0, 0.05) is 23.7 Å². The fourth-order valence-corrected chi connectivity index (χ4v) is 1.88. The Kier molecular flexibility index (Phi) is 4.20. The highest BCUT2D eigenvalue weighted by Crippen LogP contribution is 2.27. The highest BCUT2D eigenvalue weighted by Gasteiger charge is 2.22. The van der Waals surface area contributed by atoms with Gasteiger partial charge in [0.15, 0.2) is 11.5 Å². The van der Waals surface area contributed by atoms with Gasteiger partial charge in [0.25, 0.3) is 0 Å². The number of aromatic nitrogens is 1. The first-order valence-corrected chi connectivity index (χ1v) is 6.51. The third-order valence-corrected chi connectivity index (χ3v) is 2.99. The minimum atomic E-state index is -1.08. The molecular formula is C15H18N2O3. The second-order valence-corrected chi connectivity index (χ2v) is 5.05. The Bertz CT molecular complexity index is 600. The van der Waals surface area contributed by atoms with Crippen LogP contribution in [0.1, 0.15) is 35.5 Å². The summed E-state index contributed by atoms with van der Waals surface area (Å²) in [6.07, 6.45) is 0. The van der Waals surface area contributed by atoms with Crippen LogP contribution < -0.4 is 5.32 Å². The van der Waals surface area contributed by atoms with E-state index in [1.54, 1.807) is 0 Å². The van der Waals surface area contributed by atoms with E-state index >= 15 is 0 Å². The number of hydrogen-bond acceptors (Lipinski definition) is 4. The van der Waals surface area contributed by atoms with Crippen molar-refractivity contribution in [2.24, 2.45) is 0 Å². The molecule has 0 aliphatic rings. The summed E-state index contributed by atoms with van der Waals surface area (Å²) in [6, 6.07) is 7.97. The number of carbonyl (C=O) groups is 1. The summed E-state index contributed by atoms with van der Waals surface area (Å²) < 4.78 is 5.24. The lowest BCUT2D eigenvalue weighted by atomic mass is 10.0. The van der Waals surface area contributed by atoms with E-state index < -0.39 is 5.97 Å². The first kappa shape index (κ1) is 14.3. The van der Waals surface area contributed by atoms with E-state index in [0.29, 0.717) is 17.9 Å². The molecular weight excluding hydrogens is 256 g/mol. The van der Waals surface area contributed by atoms with E-state index in [-0.39, 0.29) is 11.7 Å². The Labute approximate surface area is 117 Å². The van der Waals surface area contributed by atoms with Crippen LogP contribution in [0.3, 0.4) is 0 Å². The van der Waals surface area contributed by atoms with Gasteiger partial charge >= 0.3 is 5.97 Å². The molecule has 0 fully saturated rings. The Balaban J connectivity index is 2.41. The molecule has 0 saturated carbocycles. The monoisotopic (exact) mass is 274 g/mol. The Morgan fingerprint density at radius 2 is 2.00 bits per heavy atom. The zero-order valence-corrected chi connectivity index (χ0v) is 11.8. The molecule has 2 rings (SSSR count). The van der Waals surface area contributed by atoms with Gasteiger partial charge in [-0.25, -0.2) is 4.79 Å². The molecule has 1 aromatic carbocycles. The van der Waals surface area contributed by atoms with Crippen molar-refractivity contribution in [3.05, 3.63) is 41.1 Å². The Morgan fingerprint density at radius 3 is 2.55 bits per heavy atom. The lowest BCUT2D eigenvalue weighted by molar-refractivity contribution is 0.0684. The largest absolute Gasteiger partial charge is 0.476 e. The van der Waals surface area contributed by atoms with Gasteiger partial charge in [0.1, 0.15) is 0 Å². The second-order valence-electron chi connectivity index (χ2n) is 5.05. The number of carboxylic acid groups (broad SMARTS) is 1. The Morgan fingerprint density at radius 1 is 1.35 bits per heavy atom. The molecule has 1 heterocycles. The highest BCUT2D eigenvalue weighted by atomic mass is 16.5. The van der Waals surface area contributed by atoms with Gasteiger partial charge in [-0.2, -0.15) is 0 Å². The number of hydrogen-bond donors (Lipinski definition) is 2. The smallest absolute Gasteiger partial charge is 0.358 e. The van der Waals surface area contributed by atoms with Crippen LogP contribution in [0.4, 0.5) is 0 Å². The number of carboxylic acids is 1. The summed E-state index contributed by atoms with van der Waals surface area (Å²) in [5.74, 6) is -0.566. The van der Waals surface area contributed by atoms with Gasteiger partial charge in [0.2, 0.25) is 0 Å². The van der Waals surface area contributed by atoms with Crippen LogP contribution in [0.2, 0.25) is 0 Å². The summed E-state index contributed by atoms with van der Waals surface area (Å²) >= 11 is 0. The maximum Gasteiger partial charge on any atom is 0.358 e. The molecule has 5 nitrogen and oxygen atoms in total. The number of nitrogens with zero attached hydrogens (tertiary/aromatic N) is 1. The third kappa shape index (κ3) is 3.05. The van der Waals surface area contributed by atoms with Crippen molar-refractivity contribution in [3.8, 4) is 11.3 Å². The zero-order valence-electron chi connectivity index (χ0n) is 11.8. The van der Waals surface area contributed by atoms with Crippen LogP contribution in [-0.2, 0) is 6.54 Å². The van der Waals surface area contributed by atoms with Crippen LogP contribution in [-0.4, -0.2) is 22.3 Å². The standard InChI is InChI=1S/C15H18N2O3/c1-9(2)16-8-12-13(15(18)19)17-20-14(12)11-6-4-10(3)5-7-11/h4-7,9,16H,8H2,1-3H3,(H,18,19). The molecule has 106 valence electrons. The topological polar surface area (TPSA) is 75.4 Å². The molecule has 20 heavy (non-hydrogen) atoms. The Hall–Kier alpha value is -2.14. The molecule has 2 N–H and O–H groups in total. The molecule has 0 aliphatic carbocycles. The fraction of sp³-hybridized carbons (Fsp3) is 0.333. The summed E-state index contributed by atoms with van der Waals surface area (Å²) in [7, 11) is 0. The van der Waals surface area contributed by atoms with Gasteiger partial charge in [-0.15, -0.1) is 0 Å². The van der Waals surface area contributed by atoms with E-state index in [0.717, 1.165) is 11.1 Å². The van der Waals surface area contributed by atoms with Crippen LogP contribution in [0.5, 0.6) is 0 Å². The average Bonchev–Trinajstić information content (AvgIpc) is 2.81. The SMILES string of the molecule is Cc1ccc(-c2onc(C(=O)O)c2CNC(C)C)cc1. The minimum absolute atomic E-state index is 0.0336. The minimum Gasteiger partial charge on any atom is -0.476 e. The zero-order chi connectivity index (χ0) is 14.7. The van der Waals surface area contributed by atoms with Crippen molar-refractivity contribution < 1.29 is 14.4 Å². The summed E-state index contributed by atoms with van der Waals surface area (Å²) in [5.41, 5.74) is 2.51. The van der Waals surface area contributed by atoms with Crippen molar-refractivity contribution in [1.82, 2.24) is 10.5 Å². The predicted molar refractivity (Wildman–Crippen MR) is 75.6 cm³/mol. The quantitative estimate of drug-likeness (QED) is 0.876. The van der Waals surface area contributed by atoms with Crippen LogP contribution in [0.15, 0.2) is 28.8 Å². The normalized spacial score (nSPS) is 11.0. The number of aromatic carboxylic acids is 1. The summed E-state index contributed by atoms with van der Waals surface area (Å²) in [4.78, 5) is 11.2. The van der Waals surface area contributed by atoms with Gasteiger partial charge in [-0.1, -0.05) is 48.8 Å². The molecule has 0 radical (unpaired) electrons. The average molecular weight is 274 g/mol. The molecule has 2 aromatic rings. The molecule has 0 aliphatic heterocycles. The van der Waals surface area contributed by atoms with E-state index in [1.807, 2.05) is 45.0 Å². The van der Waals surface area contributed by atoms with Crippen molar-refractivity contribution >= 4 is 5.97 Å². The molecule has 0 atom stereocenters. The first-order chi connectivity index (χ1) is 9.49. The number of aryl methyl sites for hydroxylation is 1. The first-order valence-electron chi connectivity index (χ1n) is 6.51. The van der Waals surface area contributed by atoms with Gasteiger partial charge in [0.05, 0.1) is 0 Å². The van der Waals surface area contributed by atoms with Crippen molar-refractivity contribution in [3.63, 3.8) is 0 Å². The number of rotatable bonds is 5. The van der Waals surface area contributed by atoms with Gasteiger partial charge in [-0.3, -0.25) is 0 Å². The molecule has 0 amide bonds. The number of benzene rings is 1. The second kappa shape index (κ2) is 5.88. The summed E-state index contributed by atoms with van der Waals surface area (Å²) in [5, 5.41) is 16.1. The van der Waals surface area contributed by atoms with E-state index in [9.17, 15) is 9.90 Å². The van der Waals surface area contributed by atoms with Crippen molar-refractivity contribution in [2.75, 3.05) is 0 Å². The van der Waals surface area contributed by atoms with E-state index in [1.165, 1.54) is 0 Å². The van der Waals surface area contributed by atoms with Crippen LogP contribution in [0.25, 0.3) is 11.3 Å². The fourth-order valence-electron chi connectivity index (χ4n) is 1.88. The lowest BCUT2D eigenvalue weighted by Gasteiger charge is -2.08.